The molecule has 0 bridgehead atoms. The number of hydrogen-bond acceptors (Lipinski definition) is 8. The van der Waals surface area contributed by atoms with Crippen LogP contribution < -0.4 is 15.5 Å². The molecule has 0 saturated carbocycles. The quantitative estimate of drug-likeness (QED) is 0.264. The van der Waals surface area contributed by atoms with Crippen molar-refractivity contribution in [3.8, 4) is 11.1 Å². The largest absolute Gasteiger partial charge is 0.382 e. The third-order valence-electron chi connectivity index (χ3n) is 7.58. The first kappa shape index (κ1) is 26.6. The Morgan fingerprint density at radius 2 is 1.87 bits per heavy atom. The van der Waals surface area contributed by atoms with Crippen LogP contribution in [0.5, 0.6) is 0 Å². The maximum absolute atomic E-state index is 12.4. The fraction of sp³-hybridized carbons (Fsp3) is 0.393. The van der Waals surface area contributed by atoms with Crippen LogP contribution in [0.15, 0.2) is 42.9 Å². The highest BCUT2D eigenvalue weighted by molar-refractivity contribution is 14.2. The molecule has 0 radical (unpaired) electrons. The zero-order valence-corrected chi connectivity index (χ0v) is 24.8. The molecule has 4 aromatic rings. The molecule has 6 rings (SSSR count). The van der Waals surface area contributed by atoms with Gasteiger partial charge in [0.25, 0.3) is 5.91 Å². The van der Waals surface area contributed by atoms with Crippen molar-refractivity contribution in [2.45, 2.75) is 12.8 Å². The lowest BCUT2D eigenvalue weighted by atomic mass is 9.99. The van der Waals surface area contributed by atoms with Gasteiger partial charge in [0.1, 0.15) is 0 Å². The fourth-order valence-corrected chi connectivity index (χ4v) is 6.70. The van der Waals surface area contributed by atoms with Gasteiger partial charge in [-0.05, 0) is 42.5 Å². The van der Waals surface area contributed by atoms with Crippen molar-refractivity contribution in [2.75, 3.05) is 63.3 Å². The summed E-state index contributed by atoms with van der Waals surface area (Å²) in [4.78, 5) is 24.3. The number of morpholine rings is 1. The van der Waals surface area contributed by atoms with E-state index >= 15 is 0 Å². The second kappa shape index (κ2) is 11.9. The van der Waals surface area contributed by atoms with E-state index in [4.69, 9.17) is 14.5 Å². The number of nitrogens with zero attached hydrogens (tertiary/aromatic N) is 4. The van der Waals surface area contributed by atoms with Crippen LogP contribution in [-0.4, -0.2) is 73.0 Å². The van der Waals surface area contributed by atoms with Gasteiger partial charge in [-0.3, -0.25) is 13.8 Å². The van der Waals surface area contributed by atoms with Crippen LogP contribution in [0, 0.1) is 5.92 Å². The van der Waals surface area contributed by atoms with Gasteiger partial charge in [0.15, 0.2) is 5.65 Å². The minimum Gasteiger partial charge on any atom is -0.382 e. The molecule has 2 aliphatic heterocycles. The SMILES string of the molecule is CNC(=O)c1cnc2c(c1)c(-c1ccc3ncc(NCC4CCOCC4)c(N4CCOCC4)c3c1)cn2SI. The van der Waals surface area contributed by atoms with Crippen LogP contribution in [0.25, 0.3) is 33.1 Å². The van der Waals surface area contributed by atoms with Crippen molar-refractivity contribution in [2.24, 2.45) is 5.92 Å². The number of carbonyl (C=O) groups is 1. The van der Waals surface area contributed by atoms with Crippen molar-refractivity contribution in [3.05, 3.63) is 48.4 Å². The number of amides is 1. The van der Waals surface area contributed by atoms with E-state index in [1.165, 1.54) is 5.69 Å². The normalized spacial score (nSPS) is 16.6. The van der Waals surface area contributed by atoms with Crippen molar-refractivity contribution in [1.29, 1.82) is 0 Å². The highest BCUT2D eigenvalue weighted by Crippen LogP contribution is 2.39. The third-order valence-corrected chi connectivity index (χ3v) is 9.28. The summed E-state index contributed by atoms with van der Waals surface area (Å²) in [5.41, 5.74) is 6.64. The van der Waals surface area contributed by atoms with E-state index < -0.39 is 0 Å². The molecule has 1 aromatic carbocycles. The van der Waals surface area contributed by atoms with Gasteiger partial charge >= 0.3 is 0 Å². The number of carbonyl (C=O) groups excluding carboxylic acids is 1. The standard InChI is InChI=1S/C28H31IN6O3S/c1-30-28(36)20-13-21-23(17-35(39-29)27(21)33-15-20)19-2-3-24-22(12-19)26(34-6-10-38-11-7-34)25(16-32-24)31-14-18-4-8-37-9-5-18/h2-3,12-13,15-18,31H,4-11,14H2,1H3,(H,30,36). The Morgan fingerprint density at radius 3 is 2.64 bits per heavy atom. The molecule has 3 aromatic heterocycles. The first-order chi connectivity index (χ1) is 19.2. The number of rotatable bonds is 7. The lowest BCUT2D eigenvalue weighted by Crippen LogP contribution is -2.37. The summed E-state index contributed by atoms with van der Waals surface area (Å²) in [5.74, 6) is 0.444. The number of hydrogen-bond donors (Lipinski definition) is 2. The Labute approximate surface area is 243 Å². The van der Waals surface area contributed by atoms with Crippen LogP contribution in [0.4, 0.5) is 11.4 Å². The molecule has 11 heteroatoms. The maximum atomic E-state index is 12.4. The number of halogens is 1. The Morgan fingerprint density at radius 1 is 1.08 bits per heavy atom. The summed E-state index contributed by atoms with van der Waals surface area (Å²) < 4.78 is 13.3. The molecule has 5 heterocycles. The molecule has 2 aliphatic rings. The predicted molar refractivity (Wildman–Crippen MR) is 166 cm³/mol. The predicted octanol–water partition coefficient (Wildman–Crippen LogP) is 5.13. The molecule has 0 spiro atoms. The van der Waals surface area contributed by atoms with Crippen LogP contribution in [0.3, 0.4) is 0 Å². The Bertz CT molecular complexity index is 1500. The average molecular weight is 659 g/mol. The average Bonchev–Trinajstić information content (AvgIpc) is 3.38. The number of benzene rings is 1. The number of nitrogens with one attached hydrogen (secondary N) is 2. The van der Waals surface area contributed by atoms with Gasteiger partial charge in [-0.25, -0.2) is 4.98 Å². The van der Waals surface area contributed by atoms with Gasteiger partial charge < -0.3 is 25.0 Å². The third kappa shape index (κ3) is 5.41. The second-order valence-electron chi connectivity index (χ2n) is 9.90. The highest BCUT2D eigenvalue weighted by Gasteiger charge is 2.22. The van der Waals surface area contributed by atoms with Crippen LogP contribution >= 0.6 is 30.3 Å². The second-order valence-corrected chi connectivity index (χ2v) is 11.6. The molecule has 0 unspecified atom stereocenters. The molecule has 2 saturated heterocycles. The zero-order chi connectivity index (χ0) is 26.8. The summed E-state index contributed by atoms with van der Waals surface area (Å²) in [6, 6.07) is 8.36. The summed E-state index contributed by atoms with van der Waals surface area (Å²) in [5, 5.41) is 8.48. The van der Waals surface area contributed by atoms with Gasteiger partial charge in [-0.15, -0.1) is 0 Å². The molecule has 9 nitrogen and oxygen atoms in total. The van der Waals surface area contributed by atoms with E-state index in [1.54, 1.807) is 22.4 Å². The first-order valence-electron chi connectivity index (χ1n) is 13.3. The van der Waals surface area contributed by atoms with Gasteiger partial charge in [-0.2, -0.15) is 0 Å². The number of pyridine rings is 2. The molecule has 0 atom stereocenters. The van der Waals surface area contributed by atoms with E-state index in [1.807, 2.05) is 16.2 Å². The molecule has 39 heavy (non-hydrogen) atoms. The topological polar surface area (TPSA) is 93.5 Å². The number of anilines is 2. The summed E-state index contributed by atoms with van der Waals surface area (Å²) in [7, 11) is 3.19. The van der Waals surface area contributed by atoms with Gasteiger partial charge in [0.2, 0.25) is 0 Å². The molecule has 2 fully saturated rings. The smallest absolute Gasteiger partial charge is 0.252 e. The van der Waals surface area contributed by atoms with Crippen LogP contribution in [0.2, 0.25) is 0 Å². The van der Waals surface area contributed by atoms with Crippen molar-refractivity contribution < 1.29 is 14.3 Å². The van der Waals surface area contributed by atoms with Gasteiger partial charge in [0, 0.05) is 99.0 Å². The van der Waals surface area contributed by atoms with Crippen molar-refractivity contribution >= 4 is 69.5 Å². The summed E-state index contributed by atoms with van der Waals surface area (Å²) in [6.07, 6.45) is 7.86. The number of fused-ring (bicyclic) bond motifs is 2. The minimum absolute atomic E-state index is 0.150. The molecule has 0 aliphatic carbocycles. The highest BCUT2D eigenvalue weighted by atomic mass is 127. The zero-order valence-electron chi connectivity index (χ0n) is 21.8. The van der Waals surface area contributed by atoms with E-state index in [0.717, 1.165) is 84.4 Å². The lowest BCUT2D eigenvalue weighted by molar-refractivity contribution is 0.0699. The van der Waals surface area contributed by atoms with E-state index in [0.29, 0.717) is 24.7 Å². The lowest BCUT2D eigenvalue weighted by Gasteiger charge is -2.32. The Balaban J connectivity index is 1.46. The van der Waals surface area contributed by atoms with Gasteiger partial charge in [-0.1, -0.05) is 6.07 Å². The van der Waals surface area contributed by atoms with Crippen LogP contribution in [-0.2, 0) is 9.47 Å². The number of ether oxygens (including phenoxy) is 2. The summed E-state index contributed by atoms with van der Waals surface area (Å²) >= 11 is 2.26. The van der Waals surface area contributed by atoms with E-state index in [2.05, 4.69) is 66.1 Å². The molecular formula is C28H31IN6O3S. The van der Waals surface area contributed by atoms with Crippen molar-refractivity contribution in [3.63, 3.8) is 0 Å². The van der Waals surface area contributed by atoms with Crippen molar-refractivity contribution in [1.82, 2.24) is 19.3 Å². The molecule has 204 valence electrons. The molecule has 1 amide bonds. The Kier molecular flexibility index (Phi) is 8.09. The Hall–Kier alpha value is -2.61. The fourth-order valence-electron chi connectivity index (χ4n) is 5.44. The number of aromatic nitrogens is 3. The molecule has 2 N–H and O–H groups in total. The van der Waals surface area contributed by atoms with E-state index in [9.17, 15) is 4.79 Å². The maximum Gasteiger partial charge on any atom is 0.252 e. The van der Waals surface area contributed by atoms with Gasteiger partial charge in [0.05, 0.1) is 41.9 Å². The van der Waals surface area contributed by atoms with E-state index in [-0.39, 0.29) is 5.91 Å². The summed E-state index contributed by atoms with van der Waals surface area (Å²) in [6.45, 7) is 5.65. The molecular weight excluding hydrogens is 627 g/mol. The van der Waals surface area contributed by atoms with Crippen LogP contribution in [0.1, 0.15) is 23.2 Å². The monoisotopic (exact) mass is 658 g/mol. The minimum atomic E-state index is -0.150. The first-order valence-corrected chi connectivity index (χ1v) is 16.6.